The standard InChI is InChI=1S/C6H8F2O2/c1-2-4-3-10-5(9)6(4,7)8/h4H,2-3H2,1H3. The van der Waals surface area contributed by atoms with Crippen molar-refractivity contribution < 1.29 is 18.3 Å². The predicted octanol–water partition coefficient (Wildman–Crippen LogP) is 1.20. The van der Waals surface area contributed by atoms with Gasteiger partial charge >= 0.3 is 11.9 Å². The minimum absolute atomic E-state index is 0.137. The van der Waals surface area contributed by atoms with Gasteiger partial charge in [-0.2, -0.15) is 8.78 Å². The van der Waals surface area contributed by atoms with E-state index in [2.05, 4.69) is 4.74 Å². The van der Waals surface area contributed by atoms with Gasteiger partial charge in [0.25, 0.3) is 0 Å². The maximum atomic E-state index is 12.5. The Hall–Kier alpha value is -0.670. The topological polar surface area (TPSA) is 26.3 Å². The van der Waals surface area contributed by atoms with E-state index in [1.54, 1.807) is 6.92 Å². The van der Waals surface area contributed by atoms with Gasteiger partial charge in [-0.1, -0.05) is 6.92 Å². The van der Waals surface area contributed by atoms with E-state index in [1.165, 1.54) is 0 Å². The SMILES string of the molecule is CCC1COC(=O)C1(F)F. The second kappa shape index (κ2) is 2.18. The van der Waals surface area contributed by atoms with Crippen LogP contribution in [0.25, 0.3) is 0 Å². The van der Waals surface area contributed by atoms with Crippen molar-refractivity contribution in [2.75, 3.05) is 6.61 Å². The van der Waals surface area contributed by atoms with E-state index >= 15 is 0 Å². The number of carbonyl (C=O) groups is 1. The van der Waals surface area contributed by atoms with Crippen LogP contribution in [0.1, 0.15) is 13.3 Å². The van der Waals surface area contributed by atoms with Gasteiger partial charge in [0.1, 0.15) is 6.61 Å². The number of hydrogen-bond acceptors (Lipinski definition) is 2. The molecule has 0 amide bonds. The average molecular weight is 150 g/mol. The van der Waals surface area contributed by atoms with Gasteiger partial charge in [0.2, 0.25) is 0 Å². The third-order valence-electron chi connectivity index (χ3n) is 1.69. The summed E-state index contributed by atoms with van der Waals surface area (Å²) in [7, 11) is 0. The van der Waals surface area contributed by atoms with Crippen LogP contribution in [-0.4, -0.2) is 18.5 Å². The quantitative estimate of drug-likeness (QED) is 0.525. The number of rotatable bonds is 1. The van der Waals surface area contributed by atoms with Gasteiger partial charge in [-0.3, -0.25) is 0 Å². The zero-order chi connectivity index (χ0) is 7.78. The van der Waals surface area contributed by atoms with Crippen molar-refractivity contribution in [3.05, 3.63) is 0 Å². The van der Waals surface area contributed by atoms with Crippen LogP contribution in [0.4, 0.5) is 8.78 Å². The van der Waals surface area contributed by atoms with Crippen molar-refractivity contribution in [3.8, 4) is 0 Å². The third kappa shape index (κ3) is 0.874. The van der Waals surface area contributed by atoms with Crippen LogP contribution in [0.5, 0.6) is 0 Å². The fraction of sp³-hybridized carbons (Fsp3) is 0.833. The highest BCUT2D eigenvalue weighted by Gasteiger charge is 2.53. The normalized spacial score (nSPS) is 30.3. The second-order valence-electron chi connectivity index (χ2n) is 2.33. The van der Waals surface area contributed by atoms with Crippen molar-refractivity contribution in [2.24, 2.45) is 5.92 Å². The van der Waals surface area contributed by atoms with E-state index in [9.17, 15) is 13.6 Å². The summed E-state index contributed by atoms with van der Waals surface area (Å²) in [6.45, 7) is 1.48. The Morgan fingerprint density at radius 1 is 1.80 bits per heavy atom. The Morgan fingerprint density at radius 2 is 2.40 bits per heavy atom. The van der Waals surface area contributed by atoms with Gasteiger partial charge in [0.05, 0.1) is 5.92 Å². The molecule has 0 aromatic heterocycles. The molecule has 1 fully saturated rings. The molecule has 0 radical (unpaired) electrons. The highest BCUT2D eigenvalue weighted by atomic mass is 19.3. The lowest BCUT2D eigenvalue weighted by atomic mass is 10.0. The van der Waals surface area contributed by atoms with Crippen LogP contribution in [0.2, 0.25) is 0 Å². The molecule has 1 saturated heterocycles. The van der Waals surface area contributed by atoms with Crippen molar-refractivity contribution in [2.45, 2.75) is 19.3 Å². The summed E-state index contributed by atoms with van der Waals surface area (Å²) in [5.74, 6) is -5.53. The first kappa shape index (κ1) is 7.44. The van der Waals surface area contributed by atoms with Crippen molar-refractivity contribution in [3.63, 3.8) is 0 Å². The molecule has 0 aliphatic carbocycles. The minimum atomic E-state index is -3.24. The number of alkyl halides is 2. The Labute approximate surface area is 57.2 Å². The smallest absolute Gasteiger partial charge is 0.377 e. The lowest BCUT2D eigenvalue weighted by Gasteiger charge is -2.09. The van der Waals surface area contributed by atoms with E-state index in [-0.39, 0.29) is 13.0 Å². The van der Waals surface area contributed by atoms with Gasteiger partial charge in [0, 0.05) is 0 Å². The highest BCUT2D eigenvalue weighted by Crippen LogP contribution is 2.34. The van der Waals surface area contributed by atoms with Crippen molar-refractivity contribution in [1.29, 1.82) is 0 Å². The summed E-state index contributed by atoms with van der Waals surface area (Å²) in [5.41, 5.74) is 0. The van der Waals surface area contributed by atoms with Gasteiger partial charge in [-0.05, 0) is 6.42 Å². The first-order chi connectivity index (χ1) is 4.59. The lowest BCUT2D eigenvalue weighted by molar-refractivity contribution is -0.159. The molecule has 0 N–H and O–H groups in total. The third-order valence-corrected chi connectivity index (χ3v) is 1.69. The van der Waals surface area contributed by atoms with E-state index in [0.29, 0.717) is 0 Å². The molecule has 0 aromatic carbocycles. The monoisotopic (exact) mass is 150 g/mol. The van der Waals surface area contributed by atoms with Crippen LogP contribution in [0.15, 0.2) is 0 Å². The van der Waals surface area contributed by atoms with Crippen LogP contribution >= 0.6 is 0 Å². The molecular formula is C6H8F2O2. The van der Waals surface area contributed by atoms with Crippen LogP contribution in [0, 0.1) is 5.92 Å². The summed E-state index contributed by atoms with van der Waals surface area (Å²) >= 11 is 0. The Bertz CT molecular complexity index is 156. The molecule has 0 spiro atoms. The fourth-order valence-corrected chi connectivity index (χ4v) is 0.918. The number of cyclic esters (lactones) is 1. The zero-order valence-electron chi connectivity index (χ0n) is 5.56. The molecule has 1 unspecified atom stereocenters. The summed E-state index contributed by atoms with van der Waals surface area (Å²) in [6.07, 6.45) is 0.277. The van der Waals surface area contributed by atoms with Crippen LogP contribution in [0.3, 0.4) is 0 Å². The largest absolute Gasteiger partial charge is 0.461 e. The molecule has 58 valence electrons. The van der Waals surface area contributed by atoms with Gasteiger partial charge < -0.3 is 4.74 Å². The summed E-state index contributed by atoms with van der Waals surface area (Å²) < 4.78 is 29.2. The van der Waals surface area contributed by atoms with E-state index in [1.807, 2.05) is 0 Å². The number of hydrogen-bond donors (Lipinski definition) is 0. The fourth-order valence-electron chi connectivity index (χ4n) is 0.918. The number of esters is 1. The van der Waals surface area contributed by atoms with Crippen molar-refractivity contribution >= 4 is 5.97 Å². The molecule has 1 rings (SSSR count). The molecule has 1 aliphatic rings. The molecule has 10 heavy (non-hydrogen) atoms. The van der Waals surface area contributed by atoms with E-state index in [4.69, 9.17) is 0 Å². The number of carbonyl (C=O) groups excluding carboxylic acids is 1. The second-order valence-corrected chi connectivity index (χ2v) is 2.33. The average Bonchev–Trinajstić information content (AvgIpc) is 2.10. The Balaban J connectivity index is 2.73. The zero-order valence-corrected chi connectivity index (χ0v) is 5.56. The molecule has 1 heterocycles. The molecule has 0 aromatic rings. The molecule has 0 saturated carbocycles. The minimum Gasteiger partial charge on any atom is -0.461 e. The van der Waals surface area contributed by atoms with E-state index < -0.39 is 17.8 Å². The Kier molecular flexibility index (Phi) is 1.62. The van der Waals surface area contributed by atoms with E-state index in [0.717, 1.165) is 0 Å². The number of halogens is 2. The first-order valence-electron chi connectivity index (χ1n) is 3.14. The molecule has 1 aliphatic heterocycles. The van der Waals surface area contributed by atoms with Gasteiger partial charge in [0.15, 0.2) is 0 Å². The number of ether oxygens (including phenoxy) is 1. The van der Waals surface area contributed by atoms with Gasteiger partial charge in [-0.25, -0.2) is 4.79 Å². The van der Waals surface area contributed by atoms with Crippen molar-refractivity contribution in [1.82, 2.24) is 0 Å². The predicted molar refractivity (Wildman–Crippen MR) is 29.7 cm³/mol. The van der Waals surface area contributed by atoms with Crippen LogP contribution < -0.4 is 0 Å². The van der Waals surface area contributed by atoms with Gasteiger partial charge in [-0.15, -0.1) is 0 Å². The molecule has 1 atom stereocenters. The summed E-state index contributed by atoms with van der Waals surface area (Å²) in [6, 6.07) is 0. The first-order valence-corrected chi connectivity index (χ1v) is 3.14. The lowest BCUT2D eigenvalue weighted by Crippen LogP contribution is -2.29. The molecule has 0 bridgehead atoms. The maximum Gasteiger partial charge on any atom is 0.377 e. The molecule has 2 nitrogen and oxygen atoms in total. The Morgan fingerprint density at radius 3 is 2.60 bits per heavy atom. The highest BCUT2D eigenvalue weighted by molar-refractivity contribution is 5.79. The molecule has 4 heteroatoms. The van der Waals surface area contributed by atoms with Crippen LogP contribution in [-0.2, 0) is 9.53 Å². The maximum absolute atomic E-state index is 12.5. The summed E-state index contributed by atoms with van der Waals surface area (Å²) in [5, 5.41) is 0. The molecular weight excluding hydrogens is 142 g/mol. The summed E-state index contributed by atoms with van der Waals surface area (Å²) in [4.78, 5) is 10.3.